The Hall–Kier alpha value is -1.45. The highest BCUT2D eigenvalue weighted by Gasteiger charge is 2.09. The van der Waals surface area contributed by atoms with E-state index in [0.717, 1.165) is 16.8 Å². The molecule has 2 N–H and O–H groups in total. The molecule has 0 atom stereocenters. The average molecular weight is 234 g/mol. The monoisotopic (exact) mass is 233 g/mol. The molecule has 1 aromatic heterocycles. The minimum Gasteiger partial charge on any atom is -0.325 e. The van der Waals surface area contributed by atoms with E-state index >= 15 is 0 Å². The first-order valence-corrected chi connectivity index (χ1v) is 5.38. The van der Waals surface area contributed by atoms with E-state index in [-0.39, 0.29) is 0 Å². The van der Waals surface area contributed by atoms with E-state index in [0.29, 0.717) is 11.7 Å². The van der Waals surface area contributed by atoms with Crippen molar-refractivity contribution in [1.82, 2.24) is 10.2 Å². The summed E-state index contributed by atoms with van der Waals surface area (Å²) < 4.78 is 0. The van der Waals surface area contributed by atoms with Gasteiger partial charge in [0.2, 0.25) is 0 Å². The van der Waals surface area contributed by atoms with Crippen LogP contribution in [0.1, 0.15) is 11.3 Å². The zero-order valence-electron chi connectivity index (χ0n) is 8.94. The Kier molecular flexibility index (Phi) is 3.17. The summed E-state index contributed by atoms with van der Waals surface area (Å²) in [5.74, 6) is 0. The van der Waals surface area contributed by atoms with Crippen LogP contribution in [0.4, 0.5) is 0 Å². The van der Waals surface area contributed by atoms with Gasteiger partial charge in [-0.2, -0.15) is 5.10 Å². The summed E-state index contributed by atoms with van der Waals surface area (Å²) in [4.78, 5) is 0. The summed E-state index contributed by atoms with van der Waals surface area (Å²) in [5, 5.41) is 8.19. The van der Waals surface area contributed by atoms with E-state index in [1.54, 1.807) is 6.07 Å². The Morgan fingerprint density at radius 1 is 1.19 bits per heavy atom. The lowest BCUT2D eigenvalue weighted by Crippen LogP contribution is -2.04. The van der Waals surface area contributed by atoms with Crippen LogP contribution in [0.3, 0.4) is 0 Å². The van der Waals surface area contributed by atoms with Gasteiger partial charge in [0, 0.05) is 12.1 Å². The fourth-order valence-electron chi connectivity index (χ4n) is 1.65. The molecule has 1 aromatic carbocycles. The number of nitrogens with zero attached hydrogens (tertiary/aromatic N) is 2. The Morgan fingerprint density at radius 2 is 1.94 bits per heavy atom. The third-order valence-electron chi connectivity index (χ3n) is 2.47. The normalized spacial score (nSPS) is 10.4. The van der Waals surface area contributed by atoms with Crippen LogP contribution in [-0.2, 0) is 6.54 Å². The highest BCUT2D eigenvalue weighted by molar-refractivity contribution is 6.29. The predicted octanol–water partition coefficient (Wildman–Crippen LogP) is 2.56. The van der Waals surface area contributed by atoms with Gasteiger partial charge in [-0.25, -0.2) is 0 Å². The molecule has 0 spiro atoms. The number of nitrogens with two attached hydrogens (primary N) is 1. The summed E-state index contributed by atoms with van der Waals surface area (Å²) in [5.41, 5.74) is 9.63. The molecule has 82 valence electrons. The van der Waals surface area contributed by atoms with Crippen molar-refractivity contribution >= 4 is 11.6 Å². The Bertz CT molecular complexity index is 511. The van der Waals surface area contributed by atoms with E-state index in [9.17, 15) is 0 Å². The fraction of sp³-hybridized carbons (Fsp3) is 0.167. The first-order valence-electron chi connectivity index (χ1n) is 5.00. The van der Waals surface area contributed by atoms with Crippen LogP contribution in [0.15, 0.2) is 30.3 Å². The molecule has 0 aliphatic heterocycles. The molecule has 0 radical (unpaired) electrons. The maximum Gasteiger partial charge on any atom is 0.152 e. The zero-order chi connectivity index (χ0) is 11.5. The Labute approximate surface area is 99.3 Å². The van der Waals surface area contributed by atoms with Crippen LogP contribution in [-0.4, -0.2) is 10.2 Å². The number of aromatic nitrogens is 2. The van der Waals surface area contributed by atoms with Crippen molar-refractivity contribution in [2.24, 2.45) is 5.73 Å². The molecule has 0 bridgehead atoms. The second kappa shape index (κ2) is 4.60. The lowest BCUT2D eigenvalue weighted by atomic mass is 10.00. The van der Waals surface area contributed by atoms with E-state index in [4.69, 9.17) is 17.3 Å². The molecule has 0 aliphatic carbocycles. The highest BCUT2D eigenvalue weighted by Crippen LogP contribution is 2.26. The SMILES string of the molecule is Cc1ccccc1-c1cc(Cl)nnc1CN. The van der Waals surface area contributed by atoms with Crippen LogP contribution in [0, 0.1) is 6.92 Å². The average Bonchev–Trinajstić information content (AvgIpc) is 2.29. The predicted molar refractivity (Wildman–Crippen MR) is 65.1 cm³/mol. The van der Waals surface area contributed by atoms with Crippen LogP contribution in [0.2, 0.25) is 5.15 Å². The molecule has 2 aromatic rings. The summed E-state index contributed by atoms with van der Waals surface area (Å²) in [7, 11) is 0. The number of benzene rings is 1. The van der Waals surface area contributed by atoms with Gasteiger partial charge in [-0.05, 0) is 24.1 Å². The van der Waals surface area contributed by atoms with Gasteiger partial charge < -0.3 is 5.73 Å². The maximum atomic E-state index is 5.86. The lowest BCUT2D eigenvalue weighted by Gasteiger charge is -2.09. The van der Waals surface area contributed by atoms with Crippen molar-refractivity contribution < 1.29 is 0 Å². The molecule has 0 fully saturated rings. The second-order valence-corrected chi connectivity index (χ2v) is 3.93. The van der Waals surface area contributed by atoms with Crippen molar-refractivity contribution in [2.45, 2.75) is 13.5 Å². The molecular formula is C12H12ClN3. The molecule has 1 heterocycles. The summed E-state index contributed by atoms with van der Waals surface area (Å²) >= 11 is 5.86. The van der Waals surface area contributed by atoms with Gasteiger partial charge in [-0.15, -0.1) is 5.10 Å². The van der Waals surface area contributed by atoms with E-state index in [2.05, 4.69) is 10.2 Å². The Balaban J connectivity index is 2.63. The van der Waals surface area contributed by atoms with Crippen LogP contribution < -0.4 is 5.73 Å². The number of hydrogen-bond donors (Lipinski definition) is 1. The van der Waals surface area contributed by atoms with Gasteiger partial charge in [0.05, 0.1) is 5.69 Å². The van der Waals surface area contributed by atoms with Crippen LogP contribution in [0.5, 0.6) is 0 Å². The van der Waals surface area contributed by atoms with Crippen LogP contribution in [0.25, 0.3) is 11.1 Å². The van der Waals surface area contributed by atoms with Crippen LogP contribution >= 0.6 is 11.6 Å². The smallest absolute Gasteiger partial charge is 0.152 e. The van der Waals surface area contributed by atoms with Gasteiger partial charge in [-0.3, -0.25) is 0 Å². The number of hydrogen-bond acceptors (Lipinski definition) is 3. The lowest BCUT2D eigenvalue weighted by molar-refractivity contribution is 0.902. The molecule has 0 amide bonds. The molecule has 2 rings (SSSR count). The van der Waals surface area contributed by atoms with Crippen molar-refractivity contribution in [3.63, 3.8) is 0 Å². The van der Waals surface area contributed by atoms with Gasteiger partial charge in [0.15, 0.2) is 5.15 Å². The highest BCUT2D eigenvalue weighted by atomic mass is 35.5. The molecular weight excluding hydrogens is 222 g/mol. The molecule has 0 unspecified atom stereocenters. The van der Waals surface area contributed by atoms with E-state index in [1.165, 1.54) is 5.56 Å². The molecule has 0 saturated heterocycles. The topological polar surface area (TPSA) is 51.8 Å². The van der Waals surface area contributed by atoms with Gasteiger partial charge in [0.1, 0.15) is 0 Å². The minimum absolute atomic E-state index is 0.355. The first-order chi connectivity index (χ1) is 7.72. The number of halogens is 1. The quantitative estimate of drug-likeness (QED) is 0.868. The molecule has 3 nitrogen and oxygen atoms in total. The van der Waals surface area contributed by atoms with Crippen molar-refractivity contribution in [2.75, 3.05) is 0 Å². The van der Waals surface area contributed by atoms with Gasteiger partial charge in [-0.1, -0.05) is 35.9 Å². The molecule has 4 heteroatoms. The number of rotatable bonds is 2. The molecule has 0 aliphatic rings. The largest absolute Gasteiger partial charge is 0.325 e. The first kappa shape index (κ1) is 11.0. The molecule has 0 saturated carbocycles. The van der Waals surface area contributed by atoms with Crippen molar-refractivity contribution in [1.29, 1.82) is 0 Å². The minimum atomic E-state index is 0.355. The zero-order valence-corrected chi connectivity index (χ0v) is 9.70. The fourth-order valence-corrected chi connectivity index (χ4v) is 1.80. The van der Waals surface area contributed by atoms with Gasteiger partial charge >= 0.3 is 0 Å². The maximum absolute atomic E-state index is 5.86. The standard InChI is InChI=1S/C12H12ClN3/c1-8-4-2-3-5-9(8)10-6-12(13)16-15-11(10)7-14/h2-6H,7,14H2,1H3. The summed E-state index contributed by atoms with van der Waals surface area (Å²) in [6, 6.07) is 9.86. The van der Waals surface area contributed by atoms with Gasteiger partial charge in [0.25, 0.3) is 0 Å². The summed E-state index contributed by atoms with van der Waals surface area (Å²) in [6.07, 6.45) is 0. The van der Waals surface area contributed by atoms with E-state index < -0.39 is 0 Å². The molecule has 16 heavy (non-hydrogen) atoms. The van der Waals surface area contributed by atoms with Crippen molar-refractivity contribution in [3.05, 3.63) is 46.7 Å². The number of aryl methyl sites for hydroxylation is 1. The van der Waals surface area contributed by atoms with E-state index in [1.807, 2.05) is 31.2 Å². The second-order valence-electron chi connectivity index (χ2n) is 3.55. The summed E-state index contributed by atoms with van der Waals surface area (Å²) in [6.45, 7) is 2.40. The third kappa shape index (κ3) is 2.05. The Morgan fingerprint density at radius 3 is 2.62 bits per heavy atom. The third-order valence-corrected chi connectivity index (χ3v) is 2.65. The van der Waals surface area contributed by atoms with Crippen molar-refractivity contribution in [3.8, 4) is 11.1 Å².